The number of hydrogen-bond acceptors (Lipinski definition) is 3. The molecule has 2 aromatic carbocycles. The lowest BCUT2D eigenvalue weighted by atomic mass is 10.2. The molecule has 1 N–H and O–H groups in total. The van der Waals surface area contributed by atoms with Gasteiger partial charge < -0.3 is 0 Å². The fraction of sp³-hybridized carbons (Fsp3) is 0.125. The van der Waals surface area contributed by atoms with Crippen LogP contribution in [0.25, 0.3) is 0 Å². The average Bonchev–Trinajstić information content (AvgIpc) is 2.48. The van der Waals surface area contributed by atoms with Gasteiger partial charge in [-0.1, -0.05) is 46.3 Å². The minimum absolute atomic E-state index is 0.114. The average molecular weight is 363 g/mol. The first-order valence-electron chi connectivity index (χ1n) is 6.41. The molecule has 0 saturated heterocycles. The van der Waals surface area contributed by atoms with Crippen molar-refractivity contribution in [2.75, 3.05) is 5.75 Å². The number of aryl methyl sites for hydroxylation is 1. The van der Waals surface area contributed by atoms with Crippen molar-refractivity contribution in [1.29, 1.82) is 0 Å². The molecular formula is C16H15BrN2OS. The maximum absolute atomic E-state index is 11.7. The Labute approximate surface area is 137 Å². The van der Waals surface area contributed by atoms with E-state index in [0.717, 1.165) is 14.9 Å². The van der Waals surface area contributed by atoms with E-state index in [4.69, 9.17) is 0 Å². The van der Waals surface area contributed by atoms with E-state index >= 15 is 0 Å². The lowest BCUT2D eigenvalue weighted by molar-refractivity contribution is -0.118. The highest BCUT2D eigenvalue weighted by Crippen LogP contribution is 2.21. The largest absolute Gasteiger partial charge is 0.272 e. The fourth-order valence-corrected chi connectivity index (χ4v) is 2.71. The molecule has 3 nitrogen and oxygen atoms in total. The van der Waals surface area contributed by atoms with Gasteiger partial charge in [-0.05, 0) is 36.2 Å². The van der Waals surface area contributed by atoms with Gasteiger partial charge >= 0.3 is 0 Å². The van der Waals surface area contributed by atoms with E-state index in [0.29, 0.717) is 5.75 Å². The van der Waals surface area contributed by atoms with E-state index in [9.17, 15) is 4.79 Å². The number of benzene rings is 2. The van der Waals surface area contributed by atoms with Gasteiger partial charge in [0.15, 0.2) is 0 Å². The van der Waals surface area contributed by atoms with E-state index < -0.39 is 0 Å². The van der Waals surface area contributed by atoms with E-state index in [1.165, 1.54) is 17.3 Å². The van der Waals surface area contributed by atoms with Gasteiger partial charge in [-0.15, -0.1) is 11.8 Å². The van der Waals surface area contributed by atoms with E-state index in [-0.39, 0.29) is 5.91 Å². The quantitative estimate of drug-likeness (QED) is 0.496. The minimum atomic E-state index is -0.114. The van der Waals surface area contributed by atoms with Crippen molar-refractivity contribution in [3.05, 3.63) is 64.1 Å². The molecule has 0 unspecified atom stereocenters. The maximum Gasteiger partial charge on any atom is 0.250 e. The molecule has 0 fully saturated rings. The number of thioether (sulfide) groups is 1. The van der Waals surface area contributed by atoms with Gasteiger partial charge in [0.25, 0.3) is 0 Å². The molecule has 0 heterocycles. The molecule has 0 aliphatic heterocycles. The van der Waals surface area contributed by atoms with Crippen LogP contribution in [0.3, 0.4) is 0 Å². The molecular weight excluding hydrogens is 348 g/mol. The van der Waals surface area contributed by atoms with Crippen LogP contribution in [0.5, 0.6) is 0 Å². The molecule has 0 bridgehead atoms. The fourth-order valence-electron chi connectivity index (χ4n) is 1.62. The smallest absolute Gasteiger partial charge is 0.250 e. The van der Waals surface area contributed by atoms with Crippen LogP contribution in [-0.2, 0) is 4.79 Å². The van der Waals surface area contributed by atoms with Crippen LogP contribution in [0.1, 0.15) is 11.1 Å². The summed E-state index contributed by atoms with van der Waals surface area (Å²) < 4.78 is 1.01. The SMILES string of the molecule is Cc1ccccc1SCC(=O)N/N=C\c1ccc(Br)cc1. The Kier molecular flexibility index (Phi) is 6.02. The second-order valence-corrected chi connectivity index (χ2v) is 6.33. The van der Waals surface area contributed by atoms with Gasteiger partial charge in [0.05, 0.1) is 12.0 Å². The standard InChI is InChI=1S/C16H15BrN2OS/c1-12-4-2-3-5-15(12)21-11-16(20)19-18-10-13-6-8-14(17)9-7-13/h2-10H,11H2,1H3,(H,19,20)/b18-10-. The van der Waals surface area contributed by atoms with Gasteiger partial charge in [-0.2, -0.15) is 5.10 Å². The first kappa shape index (κ1) is 15.8. The first-order valence-corrected chi connectivity index (χ1v) is 8.19. The summed E-state index contributed by atoms with van der Waals surface area (Å²) in [6.07, 6.45) is 1.63. The second-order valence-electron chi connectivity index (χ2n) is 4.40. The summed E-state index contributed by atoms with van der Waals surface area (Å²) in [5, 5.41) is 3.95. The number of hydrogen-bond donors (Lipinski definition) is 1. The maximum atomic E-state index is 11.7. The molecule has 0 aliphatic rings. The third kappa shape index (κ3) is 5.36. The lowest BCUT2D eigenvalue weighted by Gasteiger charge is -2.03. The Bertz CT molecular complexity index is 641. The van der Waals surface area contributed by atoms with Crippen LogP contribution in [0.2, 0.25) is 0 Å². The second kappa shape index (κ2) is 8.00. The zero-order valence-electron chi connectivity index (χ0n) is 11.5. The molecule has 108 valence electrons. The highest BCUT2D eigenvalue weighted by Gasteiger charge is 2.03. The molecule has 2 rings (SSSR count). The summed E-state index contributed by atoms with van der Waals surface area (Å²) in [6, 6.07) is 15.7. The van der Waals surface area contributed by atoms with Gasteiger partial charge in [-0.3, -0.25) is 4.79 Å². The third-order valence-corrected chi connectivity index (χ3v) is 4.43. The molecule has 0 aromatic heterocycles. The topological polar surface area (TPSA) is 41.5 Å². The van der Waals surface area contributed by atoms with Crippen LogP contribution in [0.4, 0.5) is 0 Å². The summed E-state index contributed by atoms with van der Waals surface area (Å²) in [7, 11) is 0. The van der Waals surface area contributed by atoms with Gasteiger partial charge in [0.2, 0.25) is 5.91 Å². The highest BCUT2D eigenvalue weighted by molar-refractivity contribution is 9.10. The zero-order chi connectivity index (χ0) is 15.1. The van der Waals surface area contributed by atoms with Crippen molar-refractivity contribution < 1.29 is 4.79 Å². The molecule has 1 amide bonds. The molecule has 0 aliphatic carbocycles. The van der Waals surface area contributed by atoms with Gasteiger partial charge in [0.1, 0.15) is 0 Å². The summed E-state index contributed by atoms with van der Waals surface area (Å²) >= 11 is 4.88. The molecule has 0 spiro atoms. The number of nitrogens with zero attached hydrogens (tertiary/aromatic N) is 1. The number of hydrazone groups is 1. The highest BCUT2D eigenvalue weighted by atomic mass is 79.9. The van der Waals surface area contributed by atoms with Crippen molar-refractivity contribution >= 4 is 39.8 Å². The number of carbonyl (C=O) groups excluding carboxylic acids is 1. The monoisotopic (exact) mass is 362 g/mol. The van der Waals surface area contributed by atoms with Gasteiger partial charge in [-0.25, -0.2) is 5.43 Å². The molecule has 0 saturated carbocycles. The van der Waals surface area contributed by atoms with Crippen LogP contribution in [0.15, 0.2) is 63.0 Å². The molecule has 0 atom stereocenters. The Morgan fingerprint density at radius 1 is 1.24 bits per heavy atom. The normalized spacial score (nSPS) is 10.8. The van der Waals surface area contributed by atoms with Crippen molar-refractivity contribution in [2.24, 2.45) is 5.10 Å². The Morgan fingerprint density at radius 2 is 1.95 bits per heavy atom. The number of amides is 1. The summed E-state index contributed by atoms with van der Waals surface area (Å²) in [5.41, 5.74) is 4.64. The molecule has 2 aromatic rings. The lowest BCUT2D eigenvalue weighted by Crippen LogP contribution is -2.19. The van der Waals surface area contributed by atoms with Crippen LogP contribution in [-0.4, -0.2) is 17.9 Å². The van der Waals surface area contributed by atoms with E-state index in [1.54, 1.807) is 6.21 Å². The third-order valence-electron chi connectivity index (χ3n) is 2.73. The van der Waals surface area contributed by atoms with Crippen LogP contribution < -0.4 is 5.43 Å². The Morgan fingerprint density at radius 3 is 2.67 bits per heavy atom. The zero-order valence-corrected chi connectivity index (χ0v) is 13.9. The molecule has 0 radical (unpaired) electrons. The predicted molar refractivity (Wildman–Crippen MR) is 91.8 cm³/mol. The number of rotatable bonds is 5. The van der Waals surface area contributed by atoms with Crippen molar-refractivity contribution in [3.8, 4) is 0 Å². The van der Waals surface area contributed by atoms with E-state index in [1.807, 2.05) is 55.5 Å². The number of halogens is 1. The van der Waals surface area contributed by atoms with Crippen molar-refractivity contribution in [3.63, 3.8) is 0 Å². The molecule has 21 heavy (non-hydrogen) atoms. The summed E-state index contributed by atoms with van der Waals surface area (Å²) in [4.78, 5) is 12.8. The van der Waals surface area contributed by atoms with Crippen molar-refractivity contribution in [2.45, 2.75) is 11.8 Å². The van der Waals surface area contributed by atoms with E-state index in [2.05, 4.69) is 26.5 Å². The Balaban J connectivity index is 1.80. The van der Waals surface area contributed by atoms with Gasteiger partial charge in [0, 0.05) is 9.37 Å². The van der Waals surface area contributed by atoms with Crippen molar-refractivity contribution in [1.82, 2.24) is 5.43 Å². The number of nitrogens with one attached hydrogen (secondary N) is 1. The number of carbonyl (C=O) groups is 1. The summed E-state index contributed by atoms with van der Waals surface area (Å²) in [5.74, 6) is 0.235. The Hall–Kier alpha value is -1.59. The molecule has 5 heteroatoms. The van der Waals surface area contributed by atoms with Crippen LogP contribution >= 0.6 is 27.7 Å². The first-order chi connectivity index (χ1) is 10.1. The predicted octanol–water partition coefficient (Wildman–Crippen LogP) is 4.00. The van der Waals surface area contributed by atoms with Crippen LogP contribution in [0, 0.1) is 6.92 Å². The summed E-state index contributed by atoms with van der Waals surface area (Å²) in [6.45, 7) is 2.03. The minimum Gasteiger partial charge on any atom is -0.272 e.